The second-order valence-electron chi connectivity index (χ2n) is 5.68. The molecule has 0 spiro atoms. The van der Waals surface area contributed by atoms with Crippen molar-refractivity contribution in [1.29, 1.82) is 0 Å². The first-order valence-electron chi connectivity index (χ1n) is 8.35. The van der Waals surface area contributed by atoms with E-state index < -0.39 is 11.6 Å². The van der Waals surface area contributed by atoms with Gasteiger partial charge in [0.15, 0.2) is 5.82 Å². The number of para-hydroxylation sites is 2. The van der Waals surface area contributed by atoms with Crippen LogP contribution in [0.4, 0.5) is 8.78 Å². The Hall–Kier alpha value is -3.87. The monoisotopic (exact) mass is 377 g/mol. The highest BCUT2D eigenvalue weighted by atomic mass is 19.1. The summed E-state index contributed by atoms with van der Waals surface area (Å²) in [6.07, 6.45) is 0. The van der Waals surface area contributed by atoms with Crippen LogP contribution in [-0.4, -0.2) is 15.0 Å². The molecule has 1 heterocycles. The van der Waals surface area contributed by atoms with Crippen molar-refractivity contribution in [1.82, 2.24) is 15.0 Å². The fourth-order valence-electron chi connectivity index (χ4n) is 2.41. The van der Waals surface area contributed by atoms with Crippen LogP contribution in [0, 0.1) is 11.6 Å². The van der Waals surface area contributed by atoms with Gasteiger partial charge >= 0.3 is 12.0 Å². The van der Waals surface area contributed by atoms with Gasteiger partial charge in [-0.05, 0) is 36.4 Å². The van der Waals surface area contributed by atoms with Gasteiger partial charge in [0.2, 0.25) is 0 Å². The molecule has 0 bridgehead atoms. The minimum absolute atomic E-state index is 0.000349. The molecular weight excluding hydrogens is 364 g/mol. The Morgan fingerprint density at radius 1 is 0.607 bits per heavy atom. The van der Waals surface area contributed by atoms with Crippen LogP contribution in [-0.2, 0) is 0 Å². The van der Waals surface area contributed by atoms with E-state index in [0.29, 0.717) is 11.5 Å². The SMILES string of the molecule is Fc1ccc(-c2nc(Oc3ccccc3)nc(Oc3ccccc3)n2)c(F)c1. The number of ether oxygens (including phenoxy) is 2. The predicted molar refractivity (Wildman–Crippen MR) is 98.2 cm³/mol. The van der Waals surface area contributed by atoms with Crippen LogP contribution < -0.4 is 9.47 Å². The van der Waals surface area contributed by atoms with Crippen LogP contribution in [0.1, 0.15) is 0 Å². The lowest BCUT2D eigenvalue weighted by Gasteiger charge is -2.09. The third-order valence-corrected chi connectivity index (χ3v) is 3.67. The number of benzene rings is 3. The molecule has 0 aliphatic heterocycles. The van der Waals surface area contributed by atoms with Crippen molar-refractivity contribution < 1.29 is 18.3 Å². The van der Waals surface area contributed by atoms with Crippen LogP contribution in [0.3, 0.4) is 0 Å². The average Bonchev–Trinajstić information content (AvgIpc) is 2.69. The highest BCUT2D eigenvalue weighted by molar-refractivity contribution is 5.56. The summed E-state index contributed by atoms with van der Waals surface area (Å²) in [5.74, 6) is -0.557. The number of hydrogen-bond donors (Lipinski definition) is 0. The minimum Gasteiger partial charge on any atom is -0.424 e. The first-order valence-corrected chi connectivity index (χ1v) is 8.35. The highest BCUT2D eigenvalue weighted by Crippen LogP contribution is 2.27. The number of nitrogens with zero attached hydrogens (tertiary/aromatic N) is 3. The zero-order valence-electron chi connectivity index (χ0n) is 14.4. The van der Waals surface area contributed by atoms with E-state index in [1.807, 2.05) is 12.1 Å². The van der Waals surface area contributed by atoms with E-state index in [9.17, 15) is 8.78 Å². The van der Waals surface area contributed by atoms with E-state index in [-0.39, 0.29) is 23.4 Å². The third-order valence-electron chi connectivity index (χ3n) is 3.67. The first kappa shape index (κ1) is 17.5. The van der Waals surface area contributed by atoms with Gasteiger partial charge in [-0.1, -0.05) is 36.4 Å². The van der Waals surface area contributed by atoms with Gasteiger partial charge in [0.25, 0.3) is 0 Å². The third kappa shape index (κ3) is 4.09. The van der Waals surface area contributed by atoms with Gasteiger partial charge in [-0.15, -0.1) is 4.98 Å². The average molecular weight is 377 g/mol. The molecule has 0 saturated carbocycles. The summed E-state index contributed by atoms with van der Waals surface area (Å²) in [7, 11) is 0. The van der Waals surface area contributed by atoms with Crippen LogP contribution in [0.25, 0.3) is 11.4 Å². The molecule has 7 heteroatoms. The van der Waals surface area contributed by atoms with E-state index in [0.717, 1.165) is 12.1 Å². The molecule has 3 aromatic carbocycles. The molecule has 0 amide bonds. The molecule has 138 valence electrons. The van der Waals surface area contributed by atoms with Crippen molar-refractivity contribution in [2.75, 3.05) is 0 Å². The molecule has 4 aromatic rings. The second-order valence-corrected chi connectivity index (χ2v) is 5.68. The zero-order valence-corrected chi connectivity index (χ0v) is 14.4. The highest BCUT2D eigenvalue weighted by Gasteiger charge is 2.15. The molecule has 0 aliphatic carbocycles. The second kappa shape index (κ2) is 7.79. The van der Waals surface area contributed by atoms with Gasteiger partial charge in [-0.2, -0.15) is 9.97 Å². The minimum atomic E-state index is -0.803. The predicted octanol–water partition coefficient (Wildman–Crippen LogP) is 5.40. The largest absolute Gasteiger partial charge is 0.424 e. The molecule has 0 radical (unpaired) electrons. The van der Waals surface area contributed by atoms with Gasteiger partial charge in [-0.25, -0.2) is 8.78 Å². The Morgan fingerprint density at radius 2 is 1.14 bits per heavy atom. The van der Waals surface area contributed by atoms with E-state index in [1.165, 1.54) is 6.07 Å². The van der Waals surface area contributed by atoms with Crippen molar-refractivity contribution >= 4 is 0 Å². The van der Waals surface area contributed by atoms with Crippen molar-refractivity contribution in [3.05, 3.63) is 90.5 Å². The normalized spacial score (nSPS) is 10.5. The molecule has 0 unspecified atom stereocenters. The lowest BCUT2D eigenvalue weighted by Crippen LogP contribution is -2.02. The molecule has 0 fully saturated rings. The number of rotatable bonds is 5. The molecule has 1 aromatic heterocycles. The first-order chi connectivity index (χ1) is 13.7. The lowest BCUT2D eigenvalue weighted by molar-refractivity contribution is 0.398. The summed E-state index contributed by atoms with van der Waals surface area (Å²) in [4.78, 5) is 12.4. The van der Waals surface area contributed by atoms with Crippen molar-refractivity contribution in [3.63, 3.8) is 0 Å². The molecular formula is C21H13F2N3O2. The maximum atomic E-state index is 14.2. The van der Waals surface area contributed by atoms with Gasteiger partial charge in [0.05, 0.1) is 5.56 Å². The van der Waals surface area contributed by atoms with Crippen LogP contribution in [0.15, 0.2) is 78.9 Å². The molecule has 4 rings (SSSR count). The van der Waals surface area contributed by atoms with Crippen LogP contribution in [0.2, 0.25) is 0 Å². The maximum Gasteiger partial charge on any atom is 0.328 e. The topological polar surface area (TPSA) is 57.1 Å². The Bertz CT molecular complexity index is 1030. The van der Waals surface area contributed by atoms with Gasteiger partial charge in [0.1, 0.15) is 23.1 Å². The van der Waals surface area contributed by atoms with Gasteiger partial charge < -0.3 is 9.47 Å². The summed E-state index contributed by atoms with van der Waals surface area (Å²) in [5.41, 5.74) is -0.000349. The Morgan fingerprint density at radius 3 is 1.64 bits per heavy atom. The van der Waals surface area contributed by atoms with Gasteiger partial charge in [-0.3, -0.25) is 0 Å². The van der Waals surface area contributed by atoms with Crippen molar-refractivity contribution in [3.8, 4) is 34.9 Å². The molecule has 5 nitrogen and oxygen atoms in total. The summed E-state index contributed by atoms with van der Waals surface area (Å²) < 4.78 is 38.8. The number of aromatic nitrogens is 3. The summed E-state index contributed by atoms with van der Waals surface area (Å²) >= 11 is 0. The Labute approximate surface area is 159 Å². The van der Waals surface area contributed by atoms with E-state index in [1.54, 1.807) is 48.5 Å². The number of halogens is 2. The van der Waals surface area contributed by atoms with E-state index in [2.05, 4.69) is 15.0 Å². The zero-order chi connectivity index (χ0) is 19.3. The fraction of sp³-hybridized carbons (Fsp3) is 0. The van der Waals surface area contributed by atoms with Crippen LogP contribution >= 0.6 is 0 Å². The fourth-order valence-corrected chi connectivity index (χ4v) is 2.41. The molecule has 0 saturated heterocycles. The summed E-state index contributed by atoms with van der Waals surface area (Å²) in [6, 6.07) is 20.7. The number of hydrogen-bond acceptors (Lipinski definition) is 5. The quantitative estimate of drug-likeness (QED) is 0.466. The van der Waals surface area contributed by atoms with E-state index >= 15 is 0 Å². The molecule has 0 N–H and O–H groups in total. The summed E-state index contributed by atoms with van der Waals surface area (Å²) in [6.45, 7) is 0. The Balaban J connectivity index is 1.76. The lowest BCUT2D eigenvalue weighted by atomic mass is 10.2. The molecule has 0 aliphatic rings. The smallest absolute Gasteiger partial charge is 0.328 e. The summed E-state index contributed by atoms with van der Waals surface area (Å²) in [5, 5.41) is 0. The Kier molecular flexibility index (Phi) is 4.88. The van der Waals surface area contributed by atoms with Crippen LogP contribution in [0.5, 0.6) is 23.5 Å². The van der Waals surface area contributed by atoms with E-state index in [4.69, 9.17) is 9.47 Å². The maximum absolute atomic E-state index is 14.2. The van der Waals surface area contributed by atoms with Crippen molar-refractivity contribution in [2.45, 2.75) is 0 Å². The molecule has 0 atom stereocenters. The standard InChI is InChI=1S/C21H13F2N3O2/c22-14-11-12-17(18(23)13-14)19-24-20(27-15-7-3-1-4-8-15)26-21(25-19)28-16-9-5-2-6-10-16/h1-13H. The van der Waals surface area contributed by atoms with Gasteiger partial charge in [0, 0.05) is 6.07 Å². The molecule has 28 heavy (non-hydrogen) atoms. The van der Waals surface area contributed by atoms with Crippen molar-refractivity contribution in [2.24, 2.45) is 0 Å².